The van der Waals surface area contributed by atoms with E-state index in [0.29, 0.717) is 22.3 Å². The monoisotopic (exact) mass is 344 g/mol. The van der Waals surface area contributed by atoms with Gasteiger partial charge in [0.25, 0.3) is 0 Å². The van der Waals surface area contributed by atoms with Crippen LogP contribution in [0.15, 0.2) is 16.3 Å². The van der Waals surface area contributed by atoms with Gasteiger partial charge in [0, 0.05) is 17.5 Å². The molecule has 1 heterocycles. The molecule has 0 radical (unpaired) electrons. The smallest absolute Gasteiger partial charge is 0.312 e. The first-order valence-electron chi connectivity index (χ1n) is 6.45. The molecule has 0 aliphatic heterocycles. The third-order valence-electron chi connectivity index (χ3n) is 2.74. The molecule has 0 fully saturated rings. The summed E-state index contributed by atoms with van der Waals surface area (Å²) in [7, 11) is -4.17. The molecule has 0 saturated heterocycles. The van der Waals surface area contributed by atoms with Gasteiger partial charge in [-0.25, -0.2) is 8.42 Å². The minimum atomic E-state index is -4.57. The molecule has 0 saturated carbocycles. The lowest BCUT2D eigenvalue weighted by Gasteiger charge is -2.27. The Bertz CT molecular complexity index is 553. The van der Waals surface area contributed by atoms with Crippen molar-refractivity contribution in [2.75, 3.05) is 13.1 Å². The van der Waals surface area contributed by atoms with Gasteiger partial charge in [0.15, 0.2) is 0 Å². The zero-order valence-electron chi connectivity index (χ0n) is 12.1. The van der Waals surface area contributed by atoms with Crippen molar-refractivity contribution in [1.29, 1.82) is 0 Å². The first kappa shape index (κ1) is 18.4. The van der Waals surface area contributed by atoms with Gasteiger partial charge in [-0.15, -0.1) is 11.3 Å². The van der Waals surface area contributed by atoms with E-state index >= 15 is 0 Å². The van der Waals surface area contributed by atoms with Crippen molar-refractivity contribution in [1.82, 2.24) is 9.62 Å². The van der Waals surface area contributed by atoms with Crippen LogP contribution in [-0.4, -0.2) is 38.0 Å². The maximum atomic E-state index is 12.6. The molecule has 0 spiro atoms. The highest BCUT2D eigenvalue weighted by atomic mass is 32.2. The number of halogens is 3. The van der Waals surface area contributed by atoms with Crippen LogP contribution < -0.4 is 5.32 Å². The van der Waals surface area contributed by atoms with Crippen molar-refractivity contribution in [2.45, 2.75) is 44.4 Å². The number of thiophene rings is 1. The fourth-order valence-corrected chi connectivity index (χ4v) is 4.78. The van der Waals surface area contributed by atoms with Crippen LogP contribution in [-0.2, 0) is 16.6 Å². The van der Waals surface area contributed by atoms with Gasteiger partial charge in [-0.1, -0.05) is 6.92 Å². The van der Waals surface area contributed by atoms with Gasteiger partial charge in [-0.3, -0.25) is 0 Å². The highest BCUT2D eigenvalue weighted by Crippen LogP contribution is 2.29. The second kappa shape index (κ2) is 7.08. The fourth-order valence-electron chi connectivity index (χ4n) is 1.77. The van der Waals surface area contributed by atoms with Crippen molar-refractivity contribution in [2.24, 2.45) is 0 Å². The maximum Gasteiger partial charge on any atom is 0.402 e. The van der Waals surface area contributed by atoms with Crippen molar-refractivity contribution in [3.63, 3.8) is 0 Å². The Balaban J connectivity index is 3.15. The summed E-state index contributed by atoms with van der Waals surface area (Å²) in [6, 6.07) is 0.585. The van der Waals surface area contributed by atoms with Gasteiger partial charge in [0.2, 0.25) is 10.0 Å². The normalized spacial score (nSPS) is 13.3. The topological polar surface area (TPSA) is 49.4 Å². The molecule has 0 bridgehead atoms. The summed E-state index contributed by atoms with van der Waals surface area (Å²) in [5.41, 5.74) is 0. The molecule has 0 amide bonds. The molecule has 0 aromatic carbocycles. The van der Waals surface area contributed by atoms with E-state index < -0.39 is 28.8 Å². The van der Waals surface area contributed by atoms with Gasteiger partial charge < -0.3 is 5.32 Å². The number of hydrogen-bond acceptors (Lipinski definition) is 4. The minimum absolute atomic E-state index is 0.0496. The Labute approximate surface area is 127 Å². The van der Waals surface area contributed by atoms with Crippen LogP contribution >= 0.6 is 11.3 Å². The summed E-state index contributed by atoms with van der Waals surface area (Å²) in [5, 5.41) is 4.56. The van der Waals surface area contributed by atoms with Crippen LogP contribution in [0.3, 0.4) is 0 Å². The van der Waals surface area contributed by atoms with Crippen molar-refractivity contribution in [3.05, 3.63) is 16.3 Å². The summed E-state index contributed by atoms with van der Waals surface area (Å²) in [6.45, 7) is 4.21. The molecule has 0 aliphatic rings. The highest BCUT2D eigenvalue weighted by molar-refractivity contribution is 7.89. The van der Waals surface area contributed by atoms with E-state index in [-0.39, 0.29) is 4.90 Å². The van der Waals surface area contributed by atoms with Crippen LogP contribution in [0.5, 0.6) is 0 Å². The second-order valence-electron chi connectivity index (χ2n) is 4.75. The number of nitrogens with one attached hydrogen (secondary N) is 1. The third kappa shape index (κ3) is 4.94. The molecule has 9 heteroatoms. The summed E-state index contributed by atoms with van der Waals surface area (Å²) in [4.78, 5) is 0.469. The molecule has 0 unspecified atom stereocenters. The van der Waals surface area contributed by atoms with Gasteiger partial charge in [0.1, 0.15) is 6.54 Å². The van der Waals surface area contributed by atoms with E-state index in [0.717, 1.165) is 0 Å². The summed E-state index contributed by atoms with van der Waals surface area (Å²) in [5.74, 6) is 0. The van der Waals surface area contributed by atoms with Crippen molar-refractivity contribution in [3.8, 4) is 0 Å². The molecule has 21 heavy (non-hydrogen) atoms. The molecule has 122 valence electrons. The summed E-state index contributed by atoms with van der Waals surface area (Å²) in [6.07, 6.45) is -4.57. The lowest BCUT2D eigenvalue weighted by molar-refractivity contribution is -0.138. The van der Waals surface area contributed by atoms with Crippen molar-refractivity contribution >= 4 is 21.4 Å². The predicted octanol–water partition coefficient (Wildman–Crippen LogP) is 2.82. The number of hydrogen-bond donors (Lipinski definition) is 1. The number of sulfonamides is 1. The zero-order valence-corrected chi connectivity index (χ0v) is 13.7. The standard InChI is InChI=1S/C12H19F3N2O2S2/c1-4-16-7-10-11(5-6-20-10)21(18,19)17(9(2)3)8-12(13,14)15/h5-6,9,16H,4,7-8H2,1-3H3. The first-order chi connectivity index (χ1) is 9.59. The van der Waals surface area contributed by atoms with Crippen LogP contribution in [0.25, 0.3) is 0 Å². The zero-order chi connectivity index (χ0) is 16.3. The Kier molecular flexibility index (Phi) is 6.21. The van der Waals surface area contributed by atoms with Gasteiger partial charge in [-0.05, 0) is 31.8 Å². The van der Waals surface area contributed by atoms with Crippen LogP contribution in [0.2, 0.25) is 0 Å². The van der Waals surface area contributed by atoms with Gasteiger partial charge >= 0.3 is 6.18 Å². The second-order valence-corrected chi connectivity index (χ2v) is 7.61. The lowest BCUT2D eigenvalue weighted by Crippen LogP contribution is -2.43. The number of rotatable bonds is 7. The Morgan fingerprint density at radius 2 is 2.00 bits per heavy atom. The van der Waals surface area contributed by atoms with Crippen molar-refractivity contribution < 1.29 is 21.6 Å². The molecular formula is C12H19F3N2O2S2. The van der Waals surface area contributed by atoms with Crippen LogP contribution in [0, 0.1) is 0 Å². The Morgan fingerprint density at radius 3 is 2.48 bits per heavy atom. The minimum Gasteiger partial charge on any atom is -0.312 e. The average molecular weight is 344 g/mol. The average Bonchev–Trinajstić information content (AvgIpc) is 2.81. The molecule has 1 aromatic heterocycles. The fraction of sp³-hybridized carbons (Fsp3) is 0.667. The van der Waals surface area contributed by atoms with E-state index in [1.54, 1.807) is 5.38 Å². The van der Waals surface area contributed by atoms with E-state index in [2.05, 4.69) is 5.32 Å². The first-order valence-corrected chi connectivity index (χ1v) is 8.77. The Hall–Kier alpha value is -0.640. The number of nitrogens with zero attached hydrogens (tertiary/aromatic N) is 1. The van der Waals surface area contributed by atoms with E-state index in [9.17, 15) is 21.6 Å². The molecule has 1 aromatic rings. The largest absolute Gasteiger partial charge is 0.402 e. The van der Waals surface area contributed by atoms with Crippen LogP contribution in [0.4, 0.5) is 13.2 Å². The highest BCUT2D eigenvalue weighted by Gasteiger charge is 2.39. The molecule has 1 N–H and O–H groups in total. The van der Waals surface area contributed by atoms with Crippen LogP contribution in [0.1, 0.15) is 25.6 Å². The quantitative estimate of drug-likeness (QED) is 0.827. The SMILES string of the molecule is CCNCc1sccc1S(=O)(=O)N(CC(F)(F)F)C(C)C. The molecule has 0 atom stereocenters. The van der Waals surface area contributed by atoms with Gasteiger partial charge in [-0.2, -0.15) is 17.5 Å². The number of alkyl halides is 3. The van der Waals surface area contributed by atoms with E-state index in [1.807, 2.05) is 6.92 Å². The predicted molar refractivity (Wildman–Crippen MR) is 76.8 cm³/mol. The third-order valence-corrected chi connectivity index (χ3v) is 5.89. The molecular weight excluding hydrogens is 325 g/mol. The Morgan fingerprint density at radius 1 is 1.38 bits per heavy atom. The van der Waals surface area contributed by atoms with E-state index in [1.165, 1.54) is 31.3 Å². The van der Waals surface area contributed by atoms with Gasteiger partial charge in [0.05, 0.1) is 4.90 Å². The molecule has 0 aliphatic carbocycles. The molecule has 4 nitrogen and oxygen atoms in total. The van der Waals surface area contributed by atoms with E-state index in [4.69, 9.17) is 0 Å². The lowest BCUT2D eigenvalue weighted by atomic mass is 10.4. The molecule has 1 rings (SSSR count). The summed E-state index contributed by atoms with van der Waals surface area (Å²) < 4.78 is 63.4. The maximum absolute atomic E-state index is 12.6. The summed E-state index contributed by atoms with van der Waals surface area (Å²) >= 11 is 1.21.